The molecule has 0 saturated heterocycles. The monoisotopic (exact) mass is 349 g/mol. The minimum absolute atomic E-state index is 0.141. The number of benzene rings is 2. The summed E-state index contributed by atoms with van der Waals surface area (Å²) in [5.74, 6) is -2.22. The Bertz CT molecular complexity index is 800. The molecule has 0 radical (unpaired) electrons. The fourth-order valence-corrected chi connectivity index (χ4v) is 1.83. The molecule has 0 heterocycles. The van der Waals surface area contributed by atoms with Crippen molar-refractivity contribution in [1.82, 2.24) is 5.43 Å². The molecular formula is C17H14F3N3O2. The second kappa shape index (κ2) is 7.61. The van der Waals surface area contributed by atoms with Gasteiger partial charge in [-0.25, -0.2) is 5.43 Å². The van der Waals surface area contributed by atoms with E-state index in [2.05, 4.69) is 10.4 Å². The molecule has 0 atom stereocenters. The van der Waals surface area contributed by atoms with Crippen molar-refractivity contribution in [1.29, 1.82) is 0 Å². The van der Waals surface area contributed by atoms with E-state index in [4.69, 9.17) is 0 Å². The summed E-state index contributed by atoms with van der Waals surface area (Å²) in [5, 5.41) is 5.71. The number of rotatable bonds is 3. The van der Waals surface area contributed by atoms with Crippen LogP contribution in [0.4, 0.5) is 18.9 Å². The molecule has 0 aromatic heterocycles. The zero-order valence-corrected chi connectivity index (χ0v) is 13.1. The number of nitrogens with zero attached hydrogens (tertiary/aromatic N) is 1. The van der Waals surface area contributed by atoms with Gasteiger partial charge in [0.25, 0.3) is 0 Å². The number of carbonyl (C=O) groups excluding carboxylic acids is 2. The number of anilines is 1. The lowest BCUT2D eigenvalue weighted by Crippen LogP contribution is -2.32. The van der Waals surface area contributed by atoms with Gasteiger partial charge in [0.1, 0.15) is 0 Å². The Hall–Kier alpha value is -3.16. The first-order chi connectivity index (χ1) is 11.8. The lowest BCUT2D eigenvalue weighted by atomic mass is 10.2. The van der Waals surface area contributed by atoms with Gasteiger partial charge in [-0.2, -0.15) is 18.3 Å². The summed E-state index contributed by atoms with van der Waals surface area (Å²) in [5.41, 5.74) is 2.71. The molecule has 2 N–H and O–H groups in total. The van der Waals surface area contributed by atoms with Gasteiger partial charge in [0.2, 0.25) is 0 Å². The van der Waals surface area contributed by atoms with Gasteiger partial charge in [-0.1, -0.05) is 35.9 Å². The quantitative estimate of drug-likeness (QED) is 0.508. The standard InChI is InChI=1S/C17H14F3N3O2/c1-11-5-7-12(8-6-11)10-21-23-16(25)15(24)22-14-4-2-3-13(9-14)17(18,19)20/h2-10H,1H3,(H,22,24)(H,23,25)/b21-10-. The van der Waals surface area contributed by atoms with Gasteiger partial charge in [0, 0.05) is 5.69 Å². The van der Waals surface area contributed by atoms with Crippen LogP contribution in [0.2, 0.25) is 0 Å². The van der Waals surface area contributed by atoms with E-state index in [0.717, 1.165) is 23.8 Å². The Morgan fingerprint density at radius 1 is 1.04 bits per heavy atom. The van der Waals surface area contributed by atoms with Crippen LogP contribution in [-0.2, 0) is 15.8 Å². The summed E-state index contributed by atoms with van der Waals surface area (Å²) in [4.78, 5) is 23.3. The van der Waals surface area contributed by atoms with E-state index in [1.807, 2.05) is 24.5 Å². The van der Waals surface area contributed by atoms with Crippen LogP contribution in [0.1, 0.15) is 16.7 Å². The molecule has 0 fully saturated rings. The van der Waals surface area contributed by atoms with Crippen LogP contribution >= 0.6 is 0 Å². The van der Waals surface area contributed by atoms with E-state index in [-0.39, 0.29) is 5.69 Å². The Labute approximate surface area is 141 Å². The fourth-order valence-electron chi connectivity index (χ4n) is 1.83. The molecule has 2 aromatic carbocycles. The smallest absolute Gasteiger partial charge is 0.318 e. The number of carbonyl (C=O) groups is 2. The lowest BCUT2D eigenvalue weighted by molar-refractivity contribution is -0.137. The highest BCUT2D eigenvalue weighted by Crippen LogP contribution is 2.30. The van der Waals surface area contributed by atoms with Crippen molar-refractivity contribution in [3.8, 4) is 0 Å². The topological polar surface area (TPSA) is 70.6 Å². The van der Waals surface area contributed by atoms with Crippen LogP contribution in [0.3, 0.4) is 0 Å². The summed E-state index contributed by atoms with van der Waals surface area (Å²) in [6, 6.07) is 11.2. The SMILES string of the molecule is Cc1ccc(/C=N\NC(=O)C(=O)Nc2cccc(C(F)(F)F)c2)cc1. The Morgan fingerprint density at radius 3 is 2.36 bits per heavy atom. The van der Waals surface area contributed by atoms with Crippen LogP contribution in [0.5, 0.6) is 0 Å². The molecule has 25 heavy (non-hydrogen) atoms. The number of hydrogen-bond acceptors (Lipinski definition) is 3. The molecule has 0 aliphatic heterocycles. The van der Waals surface area contributed by atoms with Crippen LogP contribution in [0.15, 0.2) is 53.6 Å². The Balaban J connectivity index is 1.94. The zero-order chi connectivity index (χ0) is 18.4. The normalized spacial score (nSPS) is 11.4. The molecule has 8 heteroatoms. The molecule has 0 aliphatic rings. The molecule has 0 aliphatic carbocycles. The third-order valence-corrected chi connectivity index (χ3v) is 3.11. The molecule has 5 nitrogen and oxygen atoms in total. The van der Waals surface area contributed by atoms with Gasteiger partial charge in [0.15, 0.2) is 0 Å². The molecule has 0 saturated carbocycles. The van der Waals surface area contributed by atoms with Gasteiger partial charge < -0.3 is 5.32 Å². The maximum Gasteiger partial charge on any atom is 0.416 e. The molecule has 2 rings (SSSR count). The van der Waals surface area contributed by atoms with Crippen molar-refractivity contribution in [2.24, 2.45) is 5.10 Å². The first-order valence-electron chi connectivity index (χ1n) is 7.14. The predicted molar refractivity (Wildman–Crippen MR) is 87.0 cm³/mol. The van der Waals surface area contributed by atoms with Crippen molar-refractivity contribution < 1.29 is 22.8 Å². The van der Waals surface area contributed by atoms with Crippen molar-refractivity contribution in [2.75, 3.05) is 5.32 Å². The molecule has 130 valence electrons. The minimum Gasteiger partial charge on any atom is -0.318 e. The molecule has 0 spiro atoms. The average molecular weight is 349 g/mol. The van der Waals surface area contributed by atoms with Crippen molar-refractivity contribution >= 4 is 23.7 Å². The van der Waals surface area contributed by atoms with Crippen LogP contribution in [0, 0.1) is 6.92 Å². The lowest BCUT2D eigenvalue weighted by Gasteiger charge is -2.09. The van der Waals surface area contributed by atoms with Crippen LogP contribution < -0.4 is 10.7 Å². The van der Waals surface area contributed by atoms with E-state index in [1.54, 1.807) is 12.1 Å². The largest absolute Gasteiger partial charge is 0.416 e. The number of alkyl halides is 3. The van der Waals surface area contributed by atoms with Gasteiger partial charge in [-0.3, -0.25) is 9.59 Å². The van der Waals surface area contributed by atoms with Gasteiger partial charge >= 0.3 is 18.0 Å². The summed E-state index contributed by atoms with van der Waals surface area (Å²) < 4.78 is 37.8. The number of halogens is 3. The van der Waals surface area contributed by atoms with Crippen LogP contribution in [-0.4, -0.2) is 18.0 Å². The van der Waals surface area contributed by atoms with Crippen LogP contribution in [0.25, 0.3) is 0 Å². The summed E-state index contributed by atoms with van der Waals surface area (Å²) >= 11 is 0. The number of aryl methyl sites for hydroxylation is 1. The summed E-state index contributed by atoms with van der Waals surface area (Å²) in [6.45, 7) is 1.92. The van der Waals surface area contributed by atoms with E-state index < -0.39 is 23.6 Å². The average Bonchev–Trinajstić information content (AvgIpc) is 2.56. The molecule has 0 unspecified atom stereocenters. The first-order valence-corrected chi connectivity index (χ1v) is 7.14. The van der Waals surface area contributed by atoms with E-state index in [1.165, 1.54) is 12.3 Å². The highest BCUT2D eigenvalue weighted by Gasteiger charge is 2.30. The predicted octanol–water partition coefficient (Wildman–Crippen LogP) is 3.10. The summed E-state index contributed by atoms with van der Waals surface area (Å²) in [7, 11) is 0. The van der Waals surface area contributed by atoms with E-state index in [0.29, 0.717) is 5.56 Å². The third-order valence-electron chi connectivity index (χ3n) is 3.11. The Morgan fingerprint density at radius 2 is 1.72 bits per heavy atom. The molecule has 0 bridgehead atoms. The number of nitrogens with one attached hydrogen (secondary N) is 2. The fraction of sp³-hybridized carbons (Fsp3) is 0.118. The maximum absolute atomic E-state index is 12.6. The van der Waals surface area contributed by atoms with Gasteiger partial charge in [-0.15, -0.1) is 0 Å². The summed E-state index contributed by atoms with van der Waals surface area (Å²) in [6.07, 6.45) is -3.20. The number of hydrazone groups is 1. The minimum atomic E-state index is -4.54. The zero-order valence-electron chi connectivity index (χ0n) is 13.1. The molecule has 2 aromatic rings. The van der Waals surface area contributed by atoms with E-state index in [9.17, 15) is 22.8 Å². The van der Waals surface area contributed by atoms with Crippen molar-refractivity contribution in [2.45, 2.75) is 13.1 Å². The van der Waals surface area contributed by atoms with Crippen molar-refractivity contribution in [3.63, 3.8) is 0 Å². The number of amides is 2. The second-order valence-corrected chi connectivity index (χ2v) is 5.14. The molecular weight excluding hydrogens is 335 g/mol. The number of hydrogen-bond donors (Lipinski definition) is 2. The third kappa shape index (κ3) is 5.45. The van der Waals surface area contributed by atoms with E-state index >= 15 is 0 Å². The van der Waals surface area contributed by atoms with Gasteiger partial charge in [0.05, 0.1) is 11.8 Å². The van der Waals surface area contributed by atoms with Crippen molar-refractivity contribution in [3.05, 3.63) is 65.2 Å². The first kappa shape index (κ1) is 18.2. The second-order valence-electron chi connectivity index (χ2n) is 5.14. The Kier molecular flexibility index (Phi) is 5.53. The highest BCUT2D eigenvalue weighted by atomic mass is 19.4. The highest BCUT2D eigenvalue weighted by molar-refractivity contribution is 6.39. The molecule has 2 amide bonds. The van der Waals surface area contributed by atoms with Gasteiger partial charge in [-0.05, 0) is 30.7 Å². The maximum atomic E-state index is 12.6.